The predicted molar refractivity (Wildman–Crippen MR) is 84.4 cm³/mol. The van der Waals surface area contributed by atoms with Crippen molar-refractivity contribution in [1.82, 2.24) is 4.90 Å². The van der Waals surface area contributed by atoms with E-state index in [0.29, 0.717) is 18.0 Å². The van der Waals surface area contributed by atoms with Crippen molar-refractivity contribution in [1.29, 1.82) is 0 Å². The van der Waals surface area contributed by atoms with Crippen molar-refractivity contribution in [2.75, 3.05) is 13.6 Å². The zero-order chi connectivity index (χ0) is 14.0. The maximum Gasteiger partial charge on any atom is 0.0410 e. The van der Waals surface area contributed by atoms with Gasteiger partial charge in [-0.1, -0.05) is 19.9 Å². The Morgan fingerprint density at radius 1 is 1.42 bits per heavy atom. The molecule has 3 heteroatoms. The fourth-order valence-electron chi connectivity index (χ4n) is 3.52. The van der Waals surface area contributed by atoms with Crippen LogP contribution >= 0.6 is 11.3 Å². The lowest BCUT2D eigenvalue weighted by atomic mass is 9.72. The van der Waals surface area contributed by atoms with Crippen LogP contribution in [0.3, 0.4) is 0 Å². The Morgan fingerprint density at radius 3 is 2.74 bits per heavy atom. The Balaban J connectivity index is 1.96. The van der Waals surface area contributed by atoms with E-state index in [4.69, 9.17) is 5.73 Å². The molecule has 1 aliphatic rings. The molecule has 2 rings (SSSR count). The van der Waals surface area contributed by atoms with E-state index in [0.717, 1.165) is 18.4 Å². The molecule has 1 aromatic rings. The van der Waals surface area contributed by atoms with Crippen LogP contribution in [0.5, 0.6) is 0 Å². The molecule has 0 aliphatic heterocycles. The molecule has 0 spiro atoms. The number of nitrogens with zero attached hydrogens (tertiary/aromatic N) is 1. The third-order valence-corrected chi connectivity index (χ3v) is 5.89. The molecule has 1 saturated carbocycles. The van der Waals surface area contributed by atoms with Crippen LogP contribution in [0, 0.1) is 17.8 Å². The number of rotatable bonds is 4. The molecular formula is C16H28N2S. The summed E-state index contributed by atoms with van der Waals surface area (Å²) in [6.07, 6.45) is 2.52. The zero-order valence-corrected chi connectivity index (χ0v) is 13.5. The SMILES string of the molecule is CC1CC(C)C(CN(C)C(C)c2cccs2)C(N)C1. The van der Waals surface area contributed by atoms with Gasteiger partial charge >= 0.3 is 0 Å². The standard InChI is InChI=1S/C16H28N2S/c1-11-8-12(2)14(15(17)9-11)10-18(4)13(3)16-6-5-7-19-16/h5-7,11-15H,8-10,17H2,1-4H3. The van der Waals surface area contributed by atoms with E-state index in [1.807, 2.05) is 11.3 Å². The van der Waals surface area contributed by atoms with Crippen molar-refractivity contribution >= 4 is 11.3 Å². The Labute approximate surface area is 122 Å². The average Bonchev–Trinajstić information content (AvgIpc) is 2.86. The van der Waals surface area contributed by atoms with Crippen LogP contribution in [0.25, 0.3) is 0 Å². The fraction of sp³-hybridized carbons (Fsp3) is 0.750. The Morgan fingerprint density at radius 2 is 2.16 bits per heavy atom. The van der Waals surface area contributed by atoms with Crippen molar-refractivity contribution in [2.24, 2.45) is 23.5 Å². The summed E-state index contributed by atoms with van der Waals surface area (Å²) < 4.78 is 0. The van der Waals surface area contributed by atoms with Gasteiger partial charge in [0.2, 0.25) is 0 Å². The van der Waals surface area contributed by atoms with Crippen LogP contribution in [0.2, 0.25) is 0 Å². The highest BCUT2D eigenvalue weighted by atomic mass is 32.1. The number of thiophene rings is 1. The summed E-state index contributed by atoms with van der Waals surface area (Å²) in [5.74, 6) is 2.18. The van der Waals surface area contributed by atoms with E-state index in [1.165, 1.54) is 17.7 Å². The van der Waals surface area contributed by atoms with Gasteiger partial charge in [-0.05, 0) is 56.0 Å². The topological polar surface area (TPSA) is 29.3 Å². The Bertz CT molecular complexity index is 364. The molecule has 1 aromatic heterocycles. The van der Waals surface area contributed by atoms with Gasteiger partial charge in [-0.3, -0.25) is 4.90 Å². The molecule has 5 unspecified atom stereocenters. The maximum absolute atomic E-state index is 6.40. The third kappa shape index (κ3) is 3.59. The van der Waals surface area contributed by atoms with Crippen LogP contribution in [0.4, 0.5) is 0 Å². The van der Waals surface area contributed by atoms with Gasteiger partial charge in [0.15, 0.2) is 0 Å². The van der Waals surface area contributed by atoms with Gasteiger partial charge in [0.05, 0.1) is 0 Å². The Hall–Kier alpha value is -0.380. The minimum absolute atomic E-state index is 0.372. The summed E-state index contributed by atoms with van der Waals surface area (Å²) in [6, 6.07) is 5.24. The third-order valence-electron chi connectivity index (χ3n) is 4.84. The van der Waals surface area contributed by atoms with E-state index in [-0.39, 0.29) is 0 Å². The lowest BCUT2D eigenvalue weighted by molar-refractivity contribution is 0.114. The molecule has 1 fully saturated rings. The molecule has 2 N–H and O–H groups in total. The lowest BCUT2D eigenvalue weighted by Gasteiger charge is -2.40. The summed E-state index contributed by atoms with van der Waals surface area (Å²) in [6.45, 7) is 8.13. The molecule has 108 valence electrons. The van der Waals surface area contributed by atoms with E-state index >= 15 is 0 Å². The summed E-state index contributed by atoms with van der Waals surface area (Å²) in [5, 5.41) is 2.16. The highest BCUT2D eigenvalue weighted by Gasteiger charge is 2.33. The fourth-order valence-corrected chi connectivity index (χ4v) is 4.37. The van der Waals surface area contributed by atoms with Crippen molar-refractivity contribution in [3.63, 3.8) is 0 Å². The summed E-state index contributed by atoms with van der Waals surface area (Å²) in [4.78, 5) is 3.93. The summed E-state index contributed by atoms with van der Waals surface area (Å²) in [7, 11) is 2.24. The van der Waals surface area contributed by atoms with E-state index in [2.05, 4.69) is 50.2 Å². The minimum Gasteiger partial charge on any atom is -0.327 e. The maximum atomic E-state index is 6.40. The van der Waals surface area contributed by atoms with Crippen molar-refractivity contribution in [3.8, 4) is 0 Å². The van der Waals surface area contributed by atoms with E-state index < -0.39 is 0 Å². The van der Waals surface area contributed by atoms with Gasteiger partial charge in [-0.25, -0.2) is 0 Å². The smallest absolute Gasteiger partial charge is 0.0410 e. The molecule has 19 heavy (non-hydrogen) atoms. The molecule has 0 radical (unpaired) electrons. The number of hydrogen-bond donors (Lipinski definition) is 1. The van der Waals surface area contributed by atoms with Crippen molar-refractivity contribution in [2.45, 2.75) is 45.7 Å². The monoisotopic (exact) mass is 280 g/mol. The average molecular weight is 280 g/mol. The second kappa shape index (κ2) is 6.38. The second-order valence-corrected chi connectivity index (χ2v) is 7.49. The summed E-state index contributed by atoms with van der Waals surface area (Å²) >= 11 is 1.85. The first-order valence-corrected chi connectivity index (χ1v) is 8.36. The molecule has 2 nitrogen and oxygen atoms in total. The predicted octanol–water partition coefficient (Wildman–Crippen LogP) is 3.75. The van der Waals surface area contributed by atoms with Crippen LogP contribution in [-0.2, 0) is 0 Å². The van der Waals surface area contributed by atoms with E-state index in [9.17, 15) is 0 Å². The number of hydrogen-bond acceptors (Lipinski definition) is 3. The minimum atomic E-state index is 0.372. The van der Waals surface area contributed by atoms with Gasteiger partial charge in [-0.15, -0.1) is 11.3 Å². The molecule has 0 bridgehead atoms. The molecule has 1 heterocycles. The van der Waals surface area contributed by atoms with Crippen LogP contribution in [-0.4, -0.2) is 24.5 Å². The highest BCUT2D eigenvalue weighted by molar-refractivity contribution is 7.10. The first kappa shape index (κ1) is 15.0. The van der Waals surface area contributed by atoms with Crippen LogP contribution < -0.4 is 5.73 Å². The highest BCUT2D eigenvalue weighted by Crippen LogP contribution is 2.34. The van der Waals surface area contributed by atoms with Crippen LogP contribution in [0.1, 0.15) is 44.5 Å². The van der Waals surface area contributed by atoms with E-state index in [1.54, 1.807) is 0 Å². The van der Waals surface area contributed by atoms with Crippen molar-refractivity contribution in [3.05, 3.63) is 22.4 Å². The molecular weight excluding hydrogens is 252 g/mol. The number of nitrogens with two attached hydrogens (primary N) is 1. The van der Waals surface area contributed by atoms with Gasteiger partial charge in [0.1, 0.15) is 0 Å². The van der Waals surface area contributed by atoms with Gasteiger partial charge < -0.3 is 5.73 Å². The summed E-state index contributed by atoms with van der Waals surface area (Å²) in [5.41, 5.74) is 6.40. The lowest BCUT2D eigenvalue weighted by Crippen LogP contribution is -2.46. The molecule has 0 aromatic carbocycles. The molecule has 0 amide bonds. The first-order chi connectivity index (χ1) is 8.99. The first-order valence-electron chi connectivity index (χ1n) is 7.48. The zero-order valence-electron chi connectivity index (χ0n) is 12.7. The second-order valence-electron chi connectivity index (χ2n) is 6.51. The normalized spacial score (nSPS) is 33.6. The molecule has 1 aliphatic carbocycles. The Kier molecular flexibility index (Phi) is 5.04. The van der Waals surface area contributed by atoms with Gasteiger partial charge in [0, 0.05) is 23.5 Å². The van der Waals surface area contributed by atoms with Gasteiger partial charge in [-0.2, -0.15) is 0 Å². The van der Waals surface area contributed by atoms with Gasteiger partial charge in [0.25, 0.3) is 0 Å². The quantitative estimate of drug-likeness (QED) is 0.910. The van der Waals surface area contributed by atoms with Crippen molar-refractivity contribution < 1.29 is 0 Å². The molecule has 5 atom stereocenters. The van der Waals surface area contributed by atoms with Crippen LogP contribution in [0.15, 0.2) is 17.5 Å². The largest absolute Gasteiger partial charge is 0.327 e. The molecule has 0 saturated heterocycles.